The van der Waals surface area contributed by atoms with Crippen molar-refractivity contribution < 1.29 is 39.5 Å². The molecular weight excluding hydrogens is 370 g/mol. The second-order valence-corrected chi connectivity index (χ2v) is 8.09. The maximum atomic E-state index is 12.8. The summed E-state index contributed by atoms with van der Waals surface area (Å²) in [6, 6.07) is 0. The van der Waals surface area contributed by atoms with Crippen LogP contribution in [0.3, 0.4) is 0 Å². The van der Waals surface area contributed by atoms with Crippen LogP contribution in [0.25, 0.3) is 0 Å². The Labute approximate surface area is 162 Å². The summed E-state index contributed by atoms with van der Waals surface area (Å²) in [4.78, 5) is 24.6. The summed E-state index contributed by atoms with van der Waals surface area (Å²) in [5.74, 6) is -1.59. The minimum Gasteiger partial charge on any atom is -0.459 e. The van der Waals surface area contributed by atoms with Crippen LogP contribution in [-0.2, 0) is 19.1 Å². The van der Waals surface area contributed by atoms with Gasteiger partial charge in [-0.3, -0.25) is 4.79 Å². The first kappa shape index (κ1) is 21.1. The molecule has 0 bridgehead atoms. The summed E-state index contributed by atoms with van der Waals surface area (Å²) < 4.78 is 10.8. The van der Waals surface area contributed by atoms with Gasteiger partial charge in [0.25, 0.3) is 0 Å². The third-order valence-corrected chi connectivity index (χ3v) is 6.50. The van der Waals surface area contributed by atoms with Crippen LogP contribution < -0.4 is 5.73 Å². The van der Waals surface area contributed by atoms with E-state index in [1.54, 1.807) is 0 Å². The summed E-state index contributed by atoms with van der Waals surface area (Å²) in [5.41, 5.74) is 3.78. The number of ketones is 1. The van der Waals surface area contributed by atoms with Crippen molar-refractivity contribution in [3.63, 3.8) is 0 Å². The highest BCUT2D eigenvalue weighted by atomic mass is 16.6. The van der Waals surface area contributed by atoms with Gasteiger partial charge < -0.3 is 35.6 Å². The smallest absolute Gasteiger partial charge is 0.338 e. The third kappa shape index (κ3) is 2.85. The lowest BCUT2D eigenvalue weighted by atomic mass is 9.56. The number of carbonyl (C=O) groups excluding carboxylic acids is 2. The first-order chi connectivity index (χ1) is 13.0. The average Bonchev–Trinajstić information content (AvgIpc) is 3.44. The SMILES string of the molecule is C=C(COC(=O)[C@H](O)[C@H](O)CN)[C@]12O[C@@H]1[C@]1(C)C(=CC2=O)[C@H](O)[C@H](O)C[C@H]1C. The van der Waals surface area contributed by atoms with Crippen molar-refractivity contribution in [2.45, 2.75) is 56.4 Å². The van der Waals surface area contributed by atoms with Gasteiger partial charge in [0.05, 0.1) is 6.10 Å². The van der Waals surface area contributed by atoms with Gasteiger partial charge in [-0.15, -0.1) is 0 Å². The van der Waals surface area contributed by atoms with Crippen LogP contribution in [0.2, 0.25) is 0 Å². The molecule has 9 heteroatoms. The predicted molar refractivity (Wildman–Crippen MR) is 95.8 cm³/mol. The Morgan fingerprint density at radius 2 is 2.11 bits per heavy atom. The van der Waals surface area contributed by atoms with Crippen molar-refractivity contribution >= 4 is 11.8 Å². The maximum Gasteiger partial charge on any atom is 0.338 e. The van der Waals surface area contributed by atoms with E-state index in [0.29, 0.717) is 12.0 Å². The standard InChI is InChI=1S/C19H27NO8/c1-8-4-11(21)14(24)10-5-13(23)19(17(28-19)18(8,10)3)9(2)7-27-16(26)15(25)12(22)6-20/h5,8,11-12,14-15,17,21-22,24-25H,2,4,6-7,20H2,1,3H3/t8-,11-,12-,14+,15-,17-,18+,19-/m1/s1. The summed E-state index contributed by atoms with van der Waals surface area (Å²) in [5, 5.41) is 39.5. The van der Waals surface area contributed by atoms with Gasteiger partial charge in [0, 0.05) is 17.5 Å². The van der Waals surface area contributed by atoms with Crippen LogP contribution in [-0.4, -0.2) is 81.5 Å². The van der Waals surface area contributed by atoms with E-state index in [-0.39, 0.29) is 24.6 Å². The Bertz CT molecular complexity index is 735. The quantitative estimate of drug-likeness (QED) is 0.197. The van der Waals surface area contributed by atoms with Crippen molar-refractivity contribution in [3.05, 3.63) is 23.8 Å². The van der Waals surface area contributed by atoms with Crippen molar-refractivity contribution in [2.24, 2.45) is 17.1 Å². The van der Waals surface area contributed by atoms with E-state index in [1.807, 2.05) is 13.8 Å². The number of rotatable bonds is 6. The zero-order valence-electron chi connectivity index (χ0n) is 15.9. The lowest BCUT2D eigenvalue weighted by Gasteiger charge is -2.47. The van der Waals surface area contributed by atoms with Crippen molar-refractivity contribution in [1.82, 2.24) is 0 Å². The van der Waals surface area contributed by atoms with Gasteiger partial charge in [0.1, 0.15) is 24.9 Å². The van der Waals surface area contributed by atoms with Crippen LogP contribution >= 0.6 is 0 Å². The molecule has 1 heterocycles. The zero-order chi connectivity index (χ0) is 21.0. The fourth-order valence-corrected chi connectivity index (χ4v) is 4.41. The third-order valence-electron chi connectivity index (χ3n) is 6.50. The van der Waals surface area contributed by atoms with Crippen molar-refractivity contribution in [3.8, 4) is 0 Å². The summed E-state index contributed by atoms with van der Waals surface area (Å²) >= 11 is 0. The Balaban J connectivity index is 1.78. The van der Waals surface area contributed by atoms with E-state index in [1.165, 1.54) is 6.08 Å². The molecule has 3 rings (SSSR count). The van der Waals surface area contributed by atoms with Crippen LogP contribution in [0.1, 0.15) is 20.3 Å². The lowest BCUT2D eigenvalue weighted by Crippen LogP contribution is -2.54. The molecule has 3 aliphatic rings. The molecule has 2 fully saturated rings. The molecule has 1 saturated carbocycles. The second kappa shape index (κ2) is 7.01. The Kier molecular flexibility index (Phi) is 5.28. The molecule has 0 amide bonds. The number of nitrogens with two attached hydrogens (primary N) is 1. The van der Waals surface area contributed by atoms with Crippen LogP contribution in [0.4, 0.5) is 0 Å². The number of carbonyl (C=O) groups is 2. The van der Waals surface area contributed by atoms with E-state index in [0.717, 1.165) is 0 Å². The molecule has 28 heavy (non-hydrogen) atoms. The number of epoxide rings is 1. The molecule has 156 valence electrons. The van der Waals surface area contributed by atoms with Gasteiger partial charge in [-0.25, -0.2) is 4.79 Å². The van der Waals surface area contributed by atoms with Crippen LogP contribution in [0, 0.1) is 11.3 Å². The molecule has 2 aliphatic carbocycles. The highest BCUT2D eigenvalue weighted by Crippen LogP contribution is 2.63. The number of hydrogen-bond donors (Lipinski definition) is 5. The number of aliphatic hydroxyl groups is 4. The number of fused-ring (bicyclic) bond motifs is 3. The van der Waals surface area contributed by atoms with Gasteiger partial charge in [-0.1, -0.05) is 20.4 Å². The van der Waals surface area contributed by atoms with Gasteiger partial charge in [-0.05, 0) is 24.0 Å². The number of aliphatic hydroxyl groups excluding tert-OH is 4. The minimum atomic E-state index is -1.80. The second-order valence-electron chi connectivity index (χ2n) is 8.09. The first-order valence-corrected chi connectivity index (χ1v) is 9.23. The van der Waals surface area contributed by atoms with Crippen LogP contribution in [0.5, 0.6) is 0 Å². The summed E-state index contributed by atoms with van der Waals surface area (Å²) in [6.07, 6.45) is -4.31. The molecule has 8 atom stereocenters. The molecule has 0 unspecified atom stereocenters. The fraction of sp³-hybridized carbons (Fsp3) is 0.684. The first-order valence-electron chi connectivity index (χ1n) is 9.23. The molecule has 0 aromatic rings. The topological polar surface area (TPSA) is 163 Å². The molecule has 0 spiro atoms. The Morgan fingerprint density at radius 1 is 1.46 bits per heavy atom. The predicted octanol–water partition coefficient (Wildman–Crippen LogP) is -1.82. The molecule has 1 saturated heterocycles. The number of hydrogen-bond acceptors (Lipinski definition) is 9. The minimum absolute atomic E-state index is 0.0750. The van der Waals surface area contributed by atoms with Crippen LogP contribution in [0.15, 0.2) is 23.8 Å². The fourth-order valence-electron chi connectivity index (χ4n) is 4.41. The molecule has 0 aromatic heterocycles. The number of ether oxygens (including phenoxy) is 2. The Hall–Kier alpha value is -1.62. The zero-order valence-corrected chi connectivity index (χ0v) is 15.9. The monoisotopic (exact) mass is 397 g/mol. The maximum absolute atomic E-state index is 12.8. The average molecular weight is 397 g/mol. The summed E-state index contributed by atoms with van der Waals surface area (Å²) in [7, 11) is 0. The van der Waals surface area contributed by atoms with Gasteiger partial charge in [-0.2, -0.15) is 0 Å². The van der Waals surface area contributed by atoms with E-state index < -0.39 is 53.3 Å². The normalized spacial score (nSPS) is 41.2. The summed E-state index contributed by atoms with van der Waals surface area (Å²) in [6.45, 7) is 6.92. The van der Waals surface area contributed by atoms with Gasteiger partial charge >= 0.3 is 5.97 Å². The van der Waals surface area contributed by atoms with Gasteiger partial charge in [0.2, 0.25) is 0 Å². The highest BCUT2D eigenvalue weighted by molar-refractivity contribution is 6.05. The molecule has 0 aromatic carbocycles. The Morgan fingerprint density at radius 3 is 2.71 bits per heavy atom. The van der Waals surface area contributed by atoms with E-state index >= 15 is 0 Å². The van der Waals surface area contributed by atoms with Crippen molar-refractivity contribution in [2.75, 3.05) is 13.2 Å². The lowest BCUT2D eigenvalue weighted by molar-refractivity contribution is -0.158. The molecule has 0 radical (unpaired) electrons. The largest absolute Gasteiger partial charge is 0.459 e. The van der Waals surface area contributed by atoms with Crippen molar-refractivity contribution in [1.29, 1.82) is 0 Å². The van der Waals surface area contributed by atoms with E-state index in [2.05, 4.69) is 6.58 Å². The molecular formula is C19H27NO8. The molecule has 9 nitrogen and oxygen atoms in total. The highest BCUT2D eigenvalue weighted by Gasteiger charge is 2.74. The number of esters is 1. The van der Waals surface area contributed by atoms with Gasteiger partial charge in [0.15, 0.2) is 17.5 Å². The molecule has 6 N–H and O–H groups in total. The molecule has 1 aliphatic heterocycles. The van der Waals surface area contributed by atoms with E-state index in [4.69, 9.17) is 15.2 Å². The van der Waals surface area contributed by atoms with E-state index in [9.17, 15) is 30.0 Å².